The molecule has 3 aromatic rings. The van der Waals surface area contributed by atoms with Crippen LogP contribution in [-0.4, -0.2) is 35.5 Å². The van der Waals surface area contributed by atoms with E-state index < -0.39 is 6.29 Å². The van der Waals surface area contributed by atoms with Gasteiger partial charge in [0.2, 0.25) is 0 Å². The minimum absolute atomic E-state index is 0.252. The topological polar surface area (TPSA) is 83.8 Å². The molecule has 4 rings (SSSR count). The largest absolute Gasteiger partial charge is 0.507 e. The number of nitrogens with one attached hydrogen (secondary N) is 1. The fourth-order valence-corrected chi connectivity index (χ4v) is 3.69. The summed E-state index contributed by atoms with van der Waals surface area (Å²) in [5.74, 6) is 1.35. The number of fused-ring (bicyclic) bond motifs is 1. The molecular weight excluding hydrogens is 368 g/mol. The van der Waals surface area contributed by atoms with Crippen LogP contribution in [-0.2, 0) is 4.74 Å². The van der Waals surface area contributed by atoms with Gasteiger partial charge in [-0.3, -0.25) is 4.98 Å². The fraction of sp³-hybridized carbons (Fsp3) is 0.261. The molecule has 0 saturated carbocycles. The molecule has 6 nitrogen and oxygen atoms in total. The van der Waals surface area contributed by atoms with Crippen molar-refractivity contribution in [2.45, 2.75) is 18.6 Å². The third-order valence-electron chi connectivity index (χ3n) is 5.28. The molecule has 3 N–H and O–H groups in total. The normalized spacial score (nSPS) is 16.6. The van der Waals surface area contributed by atoms with Gasteiger partial charge in [0.05, 0.1) is 18.5 Å². The van der Waals surface area contributed by atoms with E-state index in [0.29, 0.717) is 18.7 Å². The number of para-hydroxylation sites is 1. The Labute approximate surface area is 169 Å². The number of aliphatic hydroxyl groups is 1. The molecule has 150 valence electrons. The Hall–Kier alpha value is -3.09. The molecule has 0 amide bonds. The maximum atomic E-state index is 10.1. The van der Waals surface area contributed by atoms with Gasteiger partial charge in [0.1, 0.15) is 11.5 Å². The minimum atomic E-state index is -0.997. The average Bonchev–Trinajstić information content (AvgIpc) is 2.77. The molecule has 1 aliphatic heterocycles. The highest BCUT2D eigenvalue weighted by Gasteiger charge is 2.23. The number of hydrogen-bond acceptors (Lipinski definition) is 6. The van der Waals surface area contributed by atoms with Crippen molar-refractivity contribution in [3.63, 3.8) is 0 Å². The van der Waals surface area contributed by atoms with Gasteiger partial charge < -0.3 is 25.0 Å². The van der Waals surface area contributed by atoms with Crippen molar-refractivity contribution in [2.75, 3.05) is 25.6 Å². The number of aromatic nitrogens is 1. The predicted molar refractivity (Wildman–Crippen MR) is 111 cm³/mol. The van der Waals surface area contributed by atoms with Crippen LogP contribution in [0.15, 0.2) is 60.9 Å². The Morgan fingerprint density at radius 2 is 2.10 bits per heavy atom. The number of hydrogen-bond donors (Lipinski definition) is 3. The van der Waals surface area contributed by atoms with Crippen LogP contribution in [0.3, 0.4) is 0 Å². The van der Waals surface area contributed by atoms with E-state index >= 15 is 0 Å². The van der Waals surface area contributed by atoms with Crippen LogP contribution >= 0.6 is 0 Å². The highest BCUT2D eigenvalue weighted by molar-refractivity contribution is 5.72. The molecule has 0 spiro atoms. The van der Waals surface area contributed by atoms with E-state index in [9.17, 15) is 10.2 Å². The maximum Gasteiger partial charge on any atom is 0.182 e. The number of rotatable bonds is 6. The summed E-state index contributed by atoms with van der Waals surface area (Å²) in [6.45, 7) is 1.31. The van der Waals surface area contributed by atoms with Gasteiger partial charge in [0.15, 0.2) is 6.29 Å². The van der Waals surface area contributed by atoms with Crippen molar-refractivity contribution in [3.8, 4) is 22.6 Å². The van der Waals surface area contributed by atoms with Crippen LogP contribution in [0.5, 0.6) is 11.5 Å². The molecular formula is C23H24N2O4. The van der Waals surface area contributed by atoms with Gasteiger partial charge in [-0.15, -0.1) is 0 Å². The molecule has 0 fully saturated rings. The van der Waals surface area contributed by atoms with E-state index in [1.165, 1.54) is 7.11 Å². The minimum Gasteiger partial charge on any atom is -0.507 e. The number of pyridine rings is 1. The molecule has 2 heterocycles. The summed E-state index contributed by atoms with van der Waals surface area (Å²) in [6.07, 6.45) is 3.22. The standard InChI is InChI=1S/C23H24N2O4/c1-28-23(27)19-8-10-24-14-20(19)25-13-16-9-11-29-22-12-15(6-7-18(16)22)17-4-2-3-5-21(17)26/h2-8,10,12,14,16,23,25-27H,9,11,13H2,1H3/t16-,23?/m0/s1. The van der Waals surface area contributed by atoms with Crippen molar-refractivity contribution in [2.24, 2.45) is 0 Å². The van der Waals surface area contributed by atoms with E-state index in [-0.39, 0.29) is 11.7 Å². The average molecular weight is 392 g/mol. The van der Waals surface area contributed by atoms with Gasteiger partial charge in [0.25, 0.3) is 0 Å². The van der Waals surface area contributed by atoms with Gasteiger partial charge in [-0.25, -0.2) is 0 Å². The lowest BCUT2D eigenvalue weighted by molar-refractivity contribution is -0.0764. The second kappa shape index (κ2) is 8.51. The van der Waals surface area contributed by atoms with Crippen LogP contribution in [0, 0.1) is 0 Å². The molecule has 6 heteroatoms. The molecule has 0 radical (unpaired) electrons. The number of ether oxygens (including phenoxy) is 2. The summed E-state index contributed by atoms with van der Waals surface area (Å²) in [6, 6.07) is 15.1. The van der Waals surface area contributed by atoms with Gasteiger partial charge >= 0.3 is 0 Å². The predicted octanol–water partition coefficient (Wildman–Crippen LogP) is 4.07. The summed E-state index contributed by atoms with van der Waals surface area (Å²) in [4.78, 5) is 4.15. The highest BCUT2D eigenvalue weighted by Crippen LogP contribution is 2.39. The summed E-state index contributed by atoms with van der Waals surface area (Å²) >= 11 is 0. The van der Waals surface area contributed by atoms with Crippen LogP contribution in [0.2, 0.25) is 0 Å². The molecule has 1 aliphatic rings. The van der Waals surface area contributed by atoms with Crippen molar-refractivity contribution < 1.29 is 19.7 Å². The molecule has 29 heavy (non-hydrogen) atoms. The van der Waals surface area contributed by atoms with Crippen LogP contribution < -0.4 is 10.1 Å². The van der Waals surface area contributed by atoms with E-state index in [1.54, 1.807) is 24.5 Å². The zero-order valence-electron chi connectivity index (χ0n) is 16.2. The first-order valence-corrected chi connectivity index (χ1v) is 9.61. The Kier molecular flexibility index (Phi) is 5.64. The van der Waals surface area contributed by atoms with E-state index in [4.69, 9.17) is 9.47 Å². The van der Waals surface area contributed by atoms with Crippen molar-refractivity contribution in [3.05, 3.63) is 72.1 Å². The Morgan fingerprint density at radius 3 is 2.93 bits per heavy atom. The molecule has 2 atom stereocenters. The number of aromatic hydroxyl groups is 1. The first kappa shape index (κ1) is 19.2. The monoisotopic (exact) mass is 392 g/mol. The molecule has 0 bridgehead atoms. The summed E-state index contributed by atoms with van der Waals surface area (Å²) in [5.41, 5.74) is 4.24. The van der Waals surface area contributed by atoms with Crippen molar-refractivity contribution in [1.82, 2.24) is 4.98 Å². The number of aliphatic hydroxyl groups excluding tert-OH is 1. The van der Waals surface area contributed by atoms with Gasteiger partial charge in [-0.1, -0.05) is 30.3 Å². The highest BCUT2D eigenvalue weighted by atomic mass is 16.6. The Balaban J connectivity index is 1.55. The Bertz CT molecular complexity index is 992. The first-order valence-electron chi connectivity index (χ1n) is 9.61. The lowest BCUT2D eigenvalue weighted by Crippen LogP contribution is -2.21. The van der Waals surface area contributed by atoms with Crippen molar-refractivity contribution >= 4 is 5.69 Å². The smallest absolute Gasteiger partial charge is 0.182 e. The lowest BCUT2D eigenvalue weighted by atomic mass is 9.90. The second-order valence-corrected chi connectivity index (χ2v) is 7.04. The lowest BCUT2D eigenvalue weighted by Gasteiger charge is -2.27. The van der Waals surface area contributed by atoms with E-state index in [2.05, 4.69) is 16.4 Å². The second-order valence-electron chi connectivity index (χ2n) is 7.04. The zero-order valence-corrected chi connectivity index (χ0v) is 16.2. The number of methoxy groups -OCH3 is 1. The maximum absolute atomic E-state index is 10.1. The SMILES string of the molecule is COC(O)c1ccncc1NC[C@@H]1CCOc2cc(-c3ccccc3O)ccc21. The van der Waals surface area contributed by atoms with Crippen LogP contribution in [0.1, 0.15) is 29.8 Å². The molecule has 0 saturated heterocycles. The summed E-state index contributed by atoms with van der Waals surface area (Å²) in [7, 11) is 1.46. The van der Waals surface area contributed by atoms with Crippen molar-refractivity contribution in [1.29, 1.82) is 0 Å². The molecule has 0 aliphatic carbocycles. The molecule has 2 aromatic carbocycles. The number of benzene rings is 2. The molecule has 1 unspecified atom stereocenters. The number of phenols is 1. The van der Waals surface area contributed by atoms with E-state index in [0.717, 1.165) is 34.5 Å². The van der Waals surface area contributed by atoms with Crippen LogP contribution in [0.25, 0.3) is 11.1 Å². The Morgan fingerprint density at radius 1 is 1.24 bits per heavy atom. The zero-order chi connectivity index (χ0) is 20.2. The van der Waals surface area contributed by atoms with Gasteiger partial charge in [0, 0.05) is 36.9 Å². The summed E-state index contributed by atoms with van der Waals surface area (Å²) in [5, 5.41) is 23.6. The van der Waals surface area contributed by atoms with Crippen LogP contribution in [0.4, 0.5) is 5.69 Å². The fourth-order valence-electron chi connectivity index (χ4n) is 3.69. The van der Waals surface area contributed by atoms with E-state index in [1.807, 2.05) is 30.3 Å². The molecule has 1 aromatic heterocycles. The first-order chi connectivity index (χ1) is 14.2. The third-order valence-corrected chi connectivity index (χ3v) is 5.28. The quantitative estimate of drug-likeness (QED) is 0.549. The number of phenolic OH excluding ortho intramolecular Hbond substituents is 1. The number of anilines is 1. The van der Waals surface area contributed by atoms with Gasteiger partial charge in [-0.05, 0) is 35.7 Å². The summed E-state index contributed by atoms with van der Waals surface area (Å²) < 4.78 is 10.9. The number of nitrogens with zero attached hydrogens (tertiary/aromatic N) is 1. The van der Waals surface area contributed by atoms with Gasteiger partial charge in [-0.2, -0.15) is 0 Å². The third kappa shape index (κ3) is 4.04.